The fourth-order valence-electron chi connectivity index (χ4n) is 3.16. The number of hydrogen-bond donors (Lipinski definition) is 1. The van der Waals surface area contributed by atoms with Crippen LogP contribution in [0.5, 0.6) is 0 Å². The molecule has 118 valence electrons. The third kappa shape index (κ3) is 4.88. The summed E-state index contributed by atoms with van der Waals surface area (Å²) in [6.45, 7) is 10.3. The molecule has 2 fully saturated rings. The first-order valence-corrected chi connectivity index (χ1v) is 8.55. The van der Waals surface area contributed by atoms with Gasteiger partial charge in [-0.1, -0.05) is 0 Å². The molecule has 20 heavy (non-hydrogen) atoms. The van der Waals surface area contributed by atoms with Crippen molar-refractivity contribution in [3.63, 3.8) is 0 Å². The van der Waals surface area contributed by atoms with Crippen LogP contribution in [0.3, 0.4) is 0 Å². The lowest BCUT2D eigenvalue weighted by atomic mass is 9.81. The average molecular weight is 302 g/mol. The highest BCUT2D eigenvalue weighted by atomic mass is 32.1. The van der Waals surface area contributed by atoms with Gasteiger partial charge in [0, 0.05) is 59.0 Å². The molecule has 0 atom stereocenters. The first-order chi connectivity index (χ1) is 9.63. The maximum Gasteiger partial charge on any atom is 0.0472 e. The number of piperazine rings is 1. The second-order valence-corrected chi connectivity index (χ2v) is 7.01. The van der Waals surface area contributed by atoms with Crippen molar-refractivity contribution in [1.82, 2.24) is 14.7 Å². The number of ether oxygens (including phenoxy) is 1. The Morgan fingerprint density at radius 3 is 2.20 bits per heavy atom. The van der Waals surface area contributed by atoms with E-state index in [0.29, 0.717) is 5.41 Å². The van der Waals surface area contributed by atoms with Crippen LogP contribution in [0.2, 0.25) is 0 Å². The summed E-state index contributed by atoms with van der Waals surface area (Å²) >= 11 is 4.62. The Bertz CT molecular complexity index is 274. The van der Waals surface area contributed by atoms with Crippen molar-refractivity contribution in [2.75, 3.05) is 78.9 Å². The third-order valence-corrected chi connectivity index (χ3v) is 5.45. The van der Waals surface area contributed by atoms with Crippen molar-refractivity contribution in [3.8, 4) is 0 Å². The van der Waals surface area contributed by atoms with Crippen LogP contribution in [0, 0.1) is 5.41 Å². The van der Waals surface area contributed by atoms with Gasteiger partial charge in [0.25, 0.3) is 0 Å². The van der Waals surface area contributed by atoms with Gasteiger partial charge in [-0.05, 0) is 38.1 Å². The van der Waals surface area contributed by atoms with Crippen LogP contribution in [0.4, 0.5) is 0 Å². The van der Waals surface area contributed by atoms with E-state index in [0.717, 1.165) is 25.5 Å². The molecule has 0 radical (unpaired) electrons. The highest BCUT2D eigenvalue weighted by Crippen LogP contribution is 2.33. The molecule has 2 aliphatic rings. The third-order valence-electron chi connectivity index (χ3n) is 4.78. The zero-order chi connectivity index (χ0) is 14.4. The van der Waals surface area contributed by atoms with Crippen molar-refractivity contribution in [2.45, 2.75) is 12.8 Å². The van der Waals surface area contributed by atoms with Gasteiger partial charge in [0.1, 0.15) is 0 Å². The molecule has 2 aliphatic heterocycles. The van der Waals surface area contributed by atoms with E-state index in [1.165, 1.54) is 52.1 Å². The summed E-state index contributed by atoms with van der Waals surface area (Å²) in [5.41, 5.74) is 0.396. The fourth-order valence-corrected chi connectivity index (χ4v) is 3.57. The molecular weight excluding hydrogens is 270 g/mol. The maximum absolute atomic E-state index is 5.52. The smallest absolute Gasteiger partial charge is 0.0472 e. The number of hydrogen-bond acceptors (Lipinski definition) is 5. The first kappa shape index (κ1) is 16.6. The van der Waals surface area contributed by atoms with Crippen molar-refractivity contribution in [1.29, 1.82) is 0 Å². The minimum absolute atomic E-state index is 0.396. The minimum Gasteiger partial charge on any atom is -0.381 e. The molecule has 0 aromatic heterocycles. The SMILES string of the molecule is CN(C)CCN1CCN(CC2(CS)CCOCC2)CC1. The van der Waals surface area contributed by atoms with E-state index in [4.69, 9.17) is 4.74 Å². The van der Waals surface area contributed by atoms with E-state index >= 15 is 0 Å². The van der Waals surface area contributed by atoms with E-state index in [-0.39, 0.29) is 0 Å². The Kier molecular flexibility index (Phi) is 6.62. The second kappa shape index (κ2) is 7.99. The van der Waals surface area contributed by atoms with Gasteiger partial charge in [-0.15, -0.1) is 0 Å². The molecule has 0 amide bonds. The van der Waals surface area contributed by atoms with Gasteiger partial charge in [0.05, 0.1) is 0 Å². The van der Waals surface area contributed by atoms with Crippen LogP contribution < -0.4 is 0 Å². The van der Waals surface area contributed by atoms with Crippen LogP contribution in [-0.2, 0) is 4.74 Å². The van der Waals surface area contributed by atoms with Crippen molar-refractivity contribution >= 4 is 12.6 Å². The van der Waals surface area contributed by atoms with Crippen LogP contribution in [0.1, 0.15) is 12.8 Å². The van der Waals surface area contributed by atoms with Crippen molar-refractivity contribution < 1.29 is 4.74 Å². The molecule has 5 heteroatoms. The number of rotatable bonds is 6. The number of nitrogens with zero attached hydrogens (tertiary/aromatic N) is 3. The van der Waals surface area contributed by atoms with Crippen LogP contribution in [0.25, 0.3) is 0 Å². The summed E-state index contributed by atoms with van der Waals surface area (Å²) < 4.78 is 5.52. The van der Waals surface area contributed by atoms with E-state index in [2.05, 4.69) is 41.4 Å². The lowest BCUT2D eigenvalue weighted by molar-refractivity contribution is -0.00111. The largest absolute Gasteiger partial charge is 0.381 e. The molecule has 0 N–H and O–H groups in total. The Hall–Kier alpha value is 0.190. The molecule has 0 unspecified atom stereocenters. The number of thiol groups is 1. The quantitative estimate of drug-likeness (QED) is 0.735. The fraction of sp³-hybridized carbons (Fsp3) is 1.00. The Labute approximate surface area is 129 Å². The zero-order valence-electron chi connectivity index (χ0n) is 13.2. The van der Waals surface area contributed by atoms with E-state index in [9.17, 15) is 0 Å². The molecule has 0 aromatic rings. The summed E-state index contributed by atoms with van der Waals surface area (Å²) in [7, 11) is 4.30. The van der Waals surface area contributed by atoms with E-state index < -0.39 is 0 Å². The Morgan fingerprint density at radius 2 is 1.65 bits per heavy atom. The van der Waals surface area contributed by atoms with Gasteiger partial charge < -0.3 is 14.5 Å². The molecule has 0 aromatic carbocycles. The average Bonchev–Trinajstić information content (AvgIpc) is 2.47. The topological polar surface area (TPSA) is 19.0 Å². The minimum atomic E-state index is 0.396. The molecule has 0 spiro atoms. The van der Waals surface area contributed by atoms with Crippen LogP contribution in [0.15, 0.2) is 0 Å². The monoisotopic (exact) mass is 301 g/mol. The normalized spacial score (nSPS) is 25.2. The predicted octanol–water partition coefficient (Wildman–Crippen LogP) is 0.892. The van der Waals surface area contributed by atoms with Gasteiger partial charge in [0.2, 0.25) is 0 Å². The molecule has 2 heterocycles. The lowest BCUT2D eigenvalue weighted by Gasteiger charge is -2.43. The van der Waals surface area contributed by atoms with Gasteiger partial charge in [-0.25, -0.2) is 0 Å². The van der Waals surface area contributed by atoms with Crippen molar-refractivity contribution in [2.24, 2.45) is 5.41 Å². The summed E-state index contributed by atoms with van der Waals surface area (Å²) in [4.78, 5) is 7.51. The molecule has 0 bridgehead atoms. The molecule has 2 rings (SSSR count). The standard InChI is InChI=1S/C15H31N3OS/c1-16(2)5-6-17-7-9-18(10-8-17)13-15(14-20)3-11-19-12-4-15/h20H,3-14H2,1-2H3. The summed E-state index contributed by atoms with van der Waals surface area (Å²) in [5.74, 6) is 0.997. The lowest BCUT2D eigenvalue weighted by Crippen LogP contribution is -2.52. The molecule has 0 aliphatic carbocycles. The van der Waals surface area contributed by atoms with E-state index in [1.54, 1.807) is 0 Å². The van der Waals surface area contributed by atoms with Crippen LogP contribution >= 0.6 is 12.6 Å². The maximum atomic E-state index is 5.52. The highest BCUT2D eigenvalue weighted by Gasteiger charge is 2.34. The summed E-state index contributed by atoms with van der Waals surface area (Å²) in [5, 5.41) is 0. The molecule has 4 nitrogen and oxygen atoms in total. The first-order valence-electron chi connectivity index (χ1n) is 7.92. The molecule has 2 saturated heterocycles. The van der Waals surface area contributed by atoms with Gasteiger partial charge >= 0.3 is 0 Å². The molecule has 0 saturated carbocycles. The second-order valence-electron chi connectivity index (χ2n) is 6.69. The van der Waals surface area contributed by atoms with E-state index in [1.807, 2.05) is 0 Å². The Morgan fingerprint density at radius 1 is 1.05 bits per heavy atom. The molecular formula is C15H31N3OS. The van der Waals surface area contributed by atoms with Crippen molar-refractivity contribution in [3.05, 3.63) is 0 Å². The Balaban J connectivity index is 1.73. The zero-order valence-corrected chi connectivity index (χ0v) is 14.1. The van der Waals surface area contributed by atoms with Gasteiger partial charge in [0.15, 0.2) is 0 Å². The summed E-state index contributed by atoms with van der Waals surface area (Å²) in [6.07, 6.45) is 2.36. The predicted molar refractivity (Wildman–Crippen MR) is 87.8 cm³/mol. The van der Waals surface area contributed by atoms with Crippen LogP contribution in [-0.4, -0.2) is 93.6 Å². The highest BCUT2D eigenvalue weighted by molar-refractivity contribution is 7.80. The summed E-state index contributed by atoms with van der Waals surface area (Å²) in [6, 6.07) is 0. The van der Waals surface area contributed by atoms with Gasteiger partial charge in [-0.3, -0.25) is 4.90 Å². The number of likely N-dealkylation sites (N-methyl/N-ethyl adjacent to an activating group) is 1. The van der Waals surface area contributed by atoms with Gasteiger partial charge in [-0.2, -0.15) is 12.6 Å².